The van der Waals surface area contributed by atoms with E-state index in [9.17, 15) is 14.7 Å². The molecule has 0 aliphatic rings. The van der Waals surface area contributed by atoms with Gasteiger partial charge < -0.3 is 19.4 Å². The molecule has 0 aromatic heterocycles. The molecule has 0 rings (SSSR count). The zero-order valence-electron chi connectivity index (χ0n) is 18.6. The first-order chi connectivity index (χ1) is 13.1. The molecule has 166 valence electrons. The van der Waals surface area contributed by atoms with Gasteiger partial charge >= 0.3 is 11.9 Å². The Morgan fingerprint density at radius 3 is 1.96 bits per heavy atom. The number of carbonyl (C=O) groups is 2. The molecule has 0 fully saturated rings. The lowest BCUT2D eigenvalue weighted by Crippen LogP contribution is -2.43. The fraction of sp³-hybridized carbons (Fsp3) is 0.909. The van der Waals surface area contributed by atoms with Crippen LogP contribution in [-0.4, -0.2) is 66.5 Å². The van der Waals surface area contributed by atoms with Crippen LogP contribution in [0.2, 0.25) is 0 Å². The maximum atomic E-state index is 12.0. The molecular weight excluding hydrogens is 358 g/mol. The first kappa shape index (κ1) is 26.9. The minimum absolute atomic E-state index is 0.146. The lowest BCUT2D eigenvalue weighted by molar-refractivity contribution is -0.873. The molecule has 0 saturated heterocycles. The Morgan fingerprint density at radius 1 is 0.893 bits per heavy atom. The van der Waals surface area contributed by atoms with Crippen LogP contribution in [0.3, 0.4) is 0 Å². The third-order valence-corrected chi connectivity index (χ3v) is 4.76. The number of aliphatic carboxylic acids is 1. The SMILES string of the molecule is CCCCCC(O)CCCCCCCCC(=O)OC(CC(=O)O)C[N+](C)(C)C. The van der Waals surface area contributed by atoms with Crippen molar-refractivity contribution in [3.8, 4) is 0 Å². The van der Waals surface area contributed by atoms with Gasteiger partial charge in [0.25, 0.3) is 0 Å². The summed E-state index contributed by atoms with van der Waals surface area (Å²) in [6.07, 6.45) is 11.0. The van der Waals surface area contributed by atoms with Crippen LogP contribution >= 0.6 is 0 Å². The number of likely N-dealkylation sites (N-methyl/N-ethyl adjacent to an activating group) is 1. The maximum absolute atomic E-state index is 12.0. The number of quaternary nitrogens is 1. The van der Waals surface area contributed by atoms with Crippen molar-refractivity contribution in [2.45, 2.75) is 103 Å². The molecule has 0 bridgehead atoms. The van der Waals surface area contributed by atoms with E-state index in [0.717, 1.165) is 57.8 Å². The van der Waals surface area contributed by atoms with Crippen molar-refractivity contribution in [2.24, 2.45) is 0 Å². The standard InChI is InChI=1S/C22H43NO5/c1-5-6-11-14-19(24)15-12-9-7-8-10-13-16-22(27)28-20(17-21(25)26)18-23(2,3)4/h19-20,24H,5-18H2,1-4H3/p+1. The molecule has 0 radical (unpaired) electrons. The first-order valence-corrected chi connectivity index (χ1v) is 11.0. The van der Waals surface area contributed by atoms with Crippen LogP contribution in [0.15, 0.2) is 0 Å². The van der Waals surface area contributed by atoms with Crippen LogP contribution in [0.1, 0.15) is 90.4 Å². The van der Waals surface area contributed by atoms with E-state index in [1.807, 2.05) is 21.1 Å². The molecule has 6 heteroatoms. The average molecular weight is 403 g/mol. The Hall–Kier alpha value is -1.14. The summed E-state index contributed by atoms with van der Waals surface area (Å²) in [5.41, 5.74) is 0. The van der Waals surface area contributed by atoms with Gasteiger partial charge in [-0.2, -0.15) is 0 Å². The minimum Gasteiger partial charge on any atom is -0.481 e. The Balaban J connectivity index is 3.75. The van der Waals surface area contributed by atoms with Crippen LogP contribution in [0.25, 0.3) is 0 Å². The van der Waals surface area contributed by atoms with Gasteiger partial charge in [-0.25, -0.2) is 0 Å². The second-order valence-electron chi connectivity index (χ2n) is 8.99. The Bertz CT molecular complexity index is 420. The summed E-state index contributed by atoms with van der Waals surface area (Å²) in [6, 6.07) is 0. The van der Waals surface area contributed by atoms with Gasteiger partial charge in [-0.1, -0.05) is 58.3 Å². The normalized spacial score (nSPS) is 13.9. The van der Waals surface area contributed by atoms with Gasteiger partial charge in [0.1, 0.15) is 6.54 Å². The number of aliphatic hydroxyl groups is 1. The van der Waals surface area contributed by atoms with E-state index in [0.29, 0.717) is 17.4 Å². The second kappa shape index (κ2) is 15.7. The van der Waals surface area contributed by atoms with E-state index in [4.69, 9.17) is 9.84 Å². The van der Waals surface area contributed by atoms with Crippen molar-refractivity contribution in [1.29, 1.82) is 0 Å². The summed E-state index contributed by atoms with van der Waals surface area (Å²) in [5.74, 6) is -1.24. The molecule has 28 heavy (non-hydrogen) atoms. The summed E-state index contributed by atoms with van der Waals surface area (Å²) in [4.78, 5) is 22.9. The molecule has 2 unspecified atom stereocenters. The lowest BCUT2D eigenvalue weighted by Gasteiger charge is -2.28. The van der Waals surface area contributed by atoms with Gasteiger partial charge in [0.2, 0.25) is 0 Å². The number of aliphatic hydroxyl groups excluding tert-OH is 1. The van der Waals surface area contributed by atoms with Crippen molar-refractivity contribution < 1.29 is 29.0 Å². The molecule has 2 atom stereocenters. The van der Waals surface area contributed by atoms with E-state index in [-0.39, 0.29) is 18.5 Å². The summed E-state index contributed by atoms with van der Waals surface area (Å²) in [7, 11) is 5.85. The monoisotopic (exact) mass is 402 g/mol. The summed E-state index contributed by atoms with van der Waals surface area (Å²) >= 11 is 0. The second-order valence-corrected chi connectivity index (χ2v) is 8.99. The van der Waals surface area contributed by atoms with Gasteiger partial charge in [0, 0.05) is 6.42 Å². The van der Waals surface area contributed by atoms with Gasteiger partial charge in [-0.05, 0) is 19.3 Å². The maximum Gasteiger partial charge on any atom is 0.307 e. The van der Waals surface area contributed by atoms with Crippen LogP contribution in [0.4, 0.5) is 0 Å². The Morgan fingerprint density at radius 2 is 1.43 bits per heavy atom. The number of nitrogens with zero attached hydrogens (tertiary/aromatic N) is 1. The minimum atomic E-state index is -0.943. The molecular formula is C22H44NO5+. The molecule has 6 nitrogen and oxygen atoms in total. The highest BCUT2D eigenvalue weighted by atomic mass is 16.5. The van der Waals surface area contributed by atoms with Crippen LogP contribution in [0.5, 0.6) is 0 Å². The molecule has 2 N–H and O–H groups in total. The van der Waals surface area contributed by atoms with Gasteiger partial charge in [0.15, 0.2) is 6.10 Å². The Labute approximate surface area is 171 Å². The highest BCUT2D eigenvalue weighted by molar-refractivity contribution is 5.71. The average Bonchev–Trinajstić information content (AvgIpc) is 2.55. The topological polar surface area (TPSA) is 83.8 Å². The molecule has 0 heterocycles. The van der Waals surface area contributed by atoms with Gasteiger partial charge in [-0.3, -0.25) is 9.59 Å². The zero-order chi connectivity index (χ0) is 21.4. The highest BCUT2D eigenvalue weighted by Gasteiger charge is 2.24. The number of carboxylic acid groups (broad SMARTS) is 1. The first-order valence-electron chi connectivity index (χ1n) is 11.0. The fourth-order valence-corrected chi connectivity index (χ4v) is 3.32. The third kappa shape index (κ3) is 18.2. The highest BCUT2D eigenvalue weighted by Crippen LogP contribution is 2.14. The number of carboxylic acids is 1. The van der Waals surface area contributed by atoms with Crippen molar-refractivity contribution in [3.63, 3.8) is 0 Å². The van der Waals surface area contributed by atoms with E-state index >= 15 is 0 Å². The molecule has 0 spiro atoms. The van der Waals surface area contributed by atoms with Crippen LogP contribution in [-0.2, 0) is 14.3 Å². The number of ether oxygens (including phenoxy) is 1. The molecule has 0 aromatic rings. The summed E-state index contributed by atoms with van der Waals surface area (Å²) < 4.78 is 5.94. The van der Waals surface area contributed by atoms with E-state index < -0.39 is 12.1 Å². The van der Waals surface area contributed by atoms with Crippen molar-refractivity contribution in [2.75, 3.05) is 27.7 Å². The van der Waals surface area contributed by atoms with Gasteiger partial charge in [0.05, 0.1) is 33.7 Å². The summed E-state index contributed by atoms with van der Waals surface area (Å²) in [5, 5.41) is 18.9. The number of carbonyl (C=O) groups excluding carboxylic acids is 1. The zero-order valence-corrected chi connectivity index (χ0v) is 18.6. The van der Waals surface area contributed by atoms with E-state index in [2.05, 4.69) is 6.92 Å². The predicted molar refractivity (Wildman–Crippen MR) is 112 cm³/mol. The predicted octanol–water partition coefficient (Wildman–Crippen LogP) is 4.14. The summed E-state index contributed by atoms with van der Waals surface area (Å²) in [6.45, 7) is 2.66. The van der Waals surface area contributed by atoms with Crippen molar-refractivity contribution in [1.82, 2.24) is 0 Å². The molecule has 0 aromatic carbocycles. The Kier molecular flexibility index (Phi) is 15.1. The van der Waals surface area contributed by atoms with Gasteiger partial charge in [-0.15, -0.1) is 0 Å². The van der Waals surface area contributed by atoms with Crippen LogP contribution in [0, 0.1) is 0 Å². The smallest absolute Gasteiger partial charge is 0.307 e. The fourth-order valence-electron chi connectivity index (χ4n) is 3.32. The quantitative estimate of drug-likeness (QED) is 0.204. The van der Waals surface area contributed by atoms with E-state index in [1.54, 1.807) is 0 Å². The number of unbranched alkanes of at least 4 members (excludes halogenated alkanes) is 7. The van der Waals surface area contributed by atoms with Crippen molar-refractivity contribution >= 4 is 11.9 Å². The molecule has 0 aliphatic heterocycles. The number of hydrogen-bond donors (Lipinski definition) is 2. The van der Waals surface area contributed by atoms with E-state index in [1.165, 1.54) is 12.8 Å². The lowest BCUT2D eigenvalue weighted by atomic mass is 10.0. The third-order valence-electron chi connectivity index (χ3n) is 4.76. The molecule has 0 aliphatic carbocycles. The molecule has 0 amide bonds. The number of rotatable bonds is 18. The van der Waals surface area contributed by atoms with Crippen molar-refractivity contribution in [3.05, 3.63) is 0 Å². The number of esters is 1. The molecule has 0 saturated carbocycles. The largest absolute Gasteiger partial charge is 0.481 e. The van der Waals surface area contributed by atoms with Crippen LogP contribution < -0.4 is 0 Å². The number of hydrogen-bond acceptors (Lipinski definition) is 4.